The molecule has 1 heterocycles. The second kappa shape index (κ2) is 5.85. The van der Waals surface area contributed by atoms with Crippen molar-refractivity contribution in [1.82, 2.24) is 15.0 Å². The van der Waals surface area contributed by atoms with E-state index in [1.54, 1.807) is 0 Å². The fraction of sp³-hybridized carbons (Fsp3) is 0.857. The van der Waals surface area contributed by atoms with Gasteiger partial charge in [0.1, 0.15) is 0 Å². The molecular weight excluding hydrogens is 256 g/mol. The van der Waals surface area contributed by atoms with Crippen LogP contribution in [0.25, 0.3) is 0 Å². The number of hydrogen-bond donors (Lipinski definition) is 2. The van der Waals surface area contributed by atoms with Crippen LogP contribution in [0.4, 0.5) is 0 Å². The molecule has 0 amide bonds. The van der Waals surface area contributed by atoms with Crippen LogP contribution in [0.1, 0.15) is 70.0 Å². The first-order valence-electron chi connectivity index (χ1n) is 7.22. The quantitative estimate of drug-likeness (QED) is 0.660. The van der Waals surface area contributed by atoms with Gasteiger partial charge in [-0.05, 0) is 36.2 Å². The predicted octanol–water partition coefficient (Wildman–Crippen LogP) is 3.17. The van der Waals surface area contributed by atoms with Crippen LogP contribution in [0.5, 0.6) is 0 Å². The Hall–Kier alpha value is -0.520. The van der Waals surface area contributed by atoms with E-state index in [0.29, 0.717) is 5.92 Å². The highest BCUT2D eigenvalue weighted by atomic mass is 32.1. The van der Waals surface area contributed by atoms with Gasteiger partial charge in [-0.15, -0.1) is 5.10 Å². The zero-order chi connectivity index (χ0) is 14.0. The zero-order valence-electron chi connectivity index (χ0n) is 12.4. The molecule has 108 valence electrons. The van der Waals surface area contributed by atoms with Gasteiger partial charge in [0.2, 0.25) is 0 Å². The van der Waals surface area contributed by atoms with Crippen LogP contribution in [0.15, 0.2) is 0 Å². The summed E-state index contributed by atoms with van der Waals surface area (Å²) in [5, 5.41) is 4.34. The summed E-state index contributed by atoms with van der Waals surface area (Å²) in [6, 6.07) is 0.206. The molecule has 2 rings (SSSR count). The van der Waals surface area contributed by atoms with Gasteiger partial charge >= 0.3 is 0 Å². The zero-order valence-corrected chi connectivity index (χ0v) is 13.3. The largest absolute Gasteiger partial charge is 0.271 e. The van der Waals surface area contributed by atoms with Crippen LogP contribution in [0.2, 0.25) is 0 Å². The molecule has 5 heteroatoms. The van der Waals surface area contributed by atoms with Gasteiger partial charge in [0, 0.05) is 5.41 Å². The molecule has 3 N–H and O–H groups in total. The predicted molar refractivity (Wildman–Crippen MR) is 79.8 cm³/mol. The van der Waals surface area contributed by atoms with Crippen molar-refractivity contribution in [3.8, 4) is 0 Å². The molecule has 19 heavy (non-hydrogen) atoms. The molecule has 1 saturated carbocycles. The number of nitrogens with zero attached hydrogens (tertiary/aromatic N) is 2. The highest BCUT2D eigenvalue weighted by Crippen LogP contribution is 2.40. The Morgan fingerprint density at radius 1 is 1.37 bits per heavy atom. The highest BCUT2D eigenvalue weighted by Gasteiger charge is 2.33. The molecule has 0 saturated heterocycles. The maximum atomic E-state index is 5.85. The minimum atomic E-state index is 0.0255. The summed E-state index contributed by atoms with van der Waals surface area (Å²) in [5.41, 5.74) is 4.16. The van der Waals surface area contributed by atoms with Gasteiger partial charge in [-0.25, -0.2) is 0 Å². The molecule has 1 aliphatic rings. The van der Waals surface area contributed by atoms with E-state index in [-0.39, 0.29) is 11.5 Å². The van der Waals surface area contributed by atoms with Gasteiger partial charge in [-0.3, -0.25) is 11.3 Å². The highest BCUT2D eigenvalue weighted by molar-refractivity contribution is 7.05. The van der Waals surface area contributed by atoms with Gasteiger partial charge in [-0.2, -0.15) is 0 Å². The lowest BCUT2D eigenvalue weighted by Crippen LogP contribution is -2.36. The molecule has 1 aromatic rings. The standard InChI is InChI=1S/C14H26N4S/c1-9-6-5-7-10(8-9)11(16-15)12-13(14(2,3)4)17-18-19-12/h9-11,16H,5-8,15H2,1-4H3. The van der Waals surface area contributed by atoms with E-state index in [4.69, 9.17) is 5.84 Å². The van der Waals surface area contributed by atoms with E-state index in [1.807, 2.05) is 0 Å². The summed E-state index contributed by atoms with van der Waals surface area (Å²) in [6.07, 6.45) is 5.15. The molecule has 0 aliphatic heterocycles. The molecule has 3 atom stereocenters. The SMILES string of the molecule is CC1CCCC(C(NN)c2snnc2C(C)(C)C)C1. The molecule has 0 radical (unpaired) electrons. The topological polar surface area (TPSA) is 63.8 Å². The fourth-order valence-electron chi connectivity index (χ4n) is 3.13. The molecule has 3 unspecified atom stereocenters. The van der Waals surface area contributed by atoms with Crippen LogP contribution >= 0.6 is 11.5 Å². The van der Waals surface area contributed by atoms with Gasteiger partial charge in [0.15, 0.2) is 0 Å². The molecule has 1 aliphatic carbocycles. The van der Waals surface area contributed by atoms with E-state index in [1.165, 1.54) is 42.1 Å². The third-order valence-electron chi connectivity index (χ3n) is 4.13. The molecule has 1 aromatic heterocycles. The number of aromatic nitrogens is 2. The lowest BCUT2D eigenvalue weighted by Gasteiger charge is -2.33. The molecular formula is C14H26N4S. The molecule has 0 spiro atoms. The first-order valence-corrected chi connectivity index (χ1v) is 7.99. The number of hydrogen-bond acceptors (Lipinski definition) is 5. The first-order chi connectivity index (χ1) is 8.93. The first kappa shape index (κ1) is 14.9. The third-order valence-corrected chi connectivity index (χ3v) is 4.94. The van der Waals surface area contributed by atoms with Crippen molar-refractivity contribution in [2.75, 3.05) is 0 Å². The van der Waals surface area contributed by atoms with E-state index < -0.39 is 0 Å². The Kier molecular flexibility index (Phi) is 4.58. The van der Waals surface area contributed by atoms with E-state index in [9.17, 15) is 0 Å². The average Bonchev–Trinajstić information content (AvgIpc) is 2.79. The van der Waals surface area contributed by atoms with Crippen molar-refractivity contribution in [1.29, 1.82) is 0 Å². The normalized spacial score (nSPS) is 26.4. The number of rotatable bonds is 3. The number of nitrogens with two attached hydrogens (primary N) is 1. The van der Waals surface area contributed by atoms with Gasteiger partial charge in [-0.1, -0.05) is 45.0 Å². The van der Waals surface area contributed by atoms with Crippen LogP contribution in [0, 0.1) is 11.8 Å². The Bertz CT molecular complexity index is 410. The third kappa shape index (κ3) is 3.33. The van der Waals surface area contributed by atoms with E-state index >= 15 is 0 Å². The van der Waals surface area contributed by atoms with E-state index in [0.717, 1.165) is 11.6 Å². The maximum absolute atomic E-state index is 5.85. The summed E-state index contributed by atoms with van der Waals surface area (Å²) in [4.78, 5) is 1.23. The van der Waals surface area contributed by atoms with Crippen molar-refractivity contribution in [3.05, 3.63) is 10.6 Å². The number of hydrazine groups is 1. The van der Waals surface area contributed by atoms with Crippen molar-refractivity contribution in [3.63, 3.8) is 0 Å². The summed E-state index contributed by atoms with van der Waals surface area (Å²) >= 11 is 1.50. The minimum absolute atomic E-state index is 0.0255. The van der Waals surface area contributed by atoms with Crippen molar-refractivity contribution < 1.29 is 0 Å². The summed E-state index contributed by atoms with van der Waals surface area (Å²) in [6.45, 7) is 8.90. The van der Waals surface area contributed by atoms with Crippen molar-refractivity contribution in [2.45, 2.75) is 64.8 Å². The summed E-state index contributed by atoms with van der Waals surface area (Å²) in [7, 11) is 0. The summed E-state index contributed by atoms with van der Waals surface area (Å²) < 4.78 is 4.17. The van der Waals surface area contributed by atoms with Gasteiger partial charge in [0.05, 0.1) is 16.6 Å². The van der Waals surface area contributed by atoms with E-state index in [2.05, 4.69) is 42.7 Å². The average molecular weight is 282 g/mol. The lowest BCUT2D eigenvalue weighted by atomic mass is 9.77. The van der Waals surface area contributed by atoms with Crippen LogP contribution < -0.4 is 11.3 Å². The van der Waals surface area contributed by atoms with Crippen LogP contribution in [-0.2, 0) is 5.41 Å². The molecule has 0 bridgehead atoms. The van der Waals surface area contributed by atoms with Crippen LogP contribution in [0.3, 0.4) is 0 Å². The Balaban J connectivity index is 2.24. The smallest absolute Gasteiger partial charge is 0.0857 e. The fourth-order valence-corrected chi connectivity index (χ4v) is 4.15. The second-order valence-corrected chi connectivity index (χ2v) is 7.70. The number of nitrogens with one attached hydrogen (secondary N) is 1. The van der Waals surface area contributed by atoms with Crippen LogP contribution in [-0.4, -0.2) is 9.59 Å². The lowest BCUT2D eigenvalue weighted by molar-refractivity contribution is 0.225. The monoisotopic (exact) mass is 282 g/mol. The summed E-state index contributed by atoms with van der Waals surface area (Å²) in [5.74, 6) is 7.26. The van der Waals surface area contributed by atoms with Crippen molar-refractivity contribution in [2.24, 2.45) is 17.7 Å². The Labute approximate surface area is 120 Å². The van der Waals surface area contributed by atoms with Gasteiger partial charge in [0.25, 0.3) is 0 Å². The second-order valence-electron chi connectivity index (χ2n) is 6.91. The Morgan fingerprint density at radius 2 is 2.11 bits per heavy atom. The molecule has 0 aromatic carbocycles. The van der Waals surface area contributed by atoms with Crippen molar-refractivity contribution >= 4 is 11.5 Å². The minimum Gasteiger partial charge on any atom is -0.271 e. The Morgan fingerprint density at radius 3 is 2.68 bits per heavy atom. The molecule has 1 fully saturated rings. The van der Waals surface area contributed by atoms with Gasteiger partial charge < -0.3 is 0 Å². The molecule has 4 nitrogen and oxygen atoms in total. The maximum Gasteiger partial charge on any atom is 0.0857 e.